The largest absolute Gasteiger partial charge is 0.504 e. The van der Waals surface area contributed by atoms with Crippen molar-refractivity contribution in [2.24, 2.45) is 10.2 Å². The summed E-state index contributed by atoms with van der Waals surface area (Å²) in [5.74, 6) is 0.887. The summed E-state index contributed by atoms with van der Waals surface area (Å²) in [6, 6.07) is 12.9. The maximum absolute atomic E-state index is 10.0. The summed E-state index contributed by atoms with van der Waals surface area (Å²) in [4.78, 5) is 0. The molecule has 0 aliphatic rings. The molecule has 0 bridgehead atoms. The quantitative estimate of drug-likeness (QED) is 0.678. The van der Waals surface area contributed by atoms with Gasteiger partial charge in [0.25, 0.3) is 0 Å². The summed E-state index contributed by atoms with van der Waals surface area (Å²) in [5.41, 5.74) is 1.42. The second-order valence-electron chi connectivity index (χ2n) is 4.17. The predicted molar refractivity (Wildman–Crippen MR) is 82.8 cm³/mol. The summed E-state index contributed by atoms with van der Waals surface area (Å²) in [6.45, 7) is 0. The molecule has 0 fully saturated rings. The van der Waals surface area contributed by atoms with E-state index in [1.165, 1.54) is 13.3 Å². The number of rotatable bonds is 5. The van der Waals surface area contributed by atoms with Gasteiger partial charge in [0.05, 0.1) is 26.6 Å². The van der Waals surface area contributed by atoms with Crippen LogP contribution in [0.1, 0.15) is 11.1 Å². The van der Waals surface area contributed by atoms with Crippen LogP contribution in [-0.4, -0.2) is 31.8 Å². The van der Waals surface area contributed by atoms with Gasteiger partial charge >= 0.3 is 0 Å². The average Bonchev–Trinajstić information content (AvgIpc) is 2.54. The smallest absolute Gasteiger partial charge is 0.166 e. The highest BCUT2D eigenvalue weighted by molar-refractivity contribution is 5.86. The Morgan fingerprint density at radius 2 is 1.67 bits per heavy atom. The number of nitrogens with zero attached hydrogens (tertiary/aromatic N) is 2. The van der Waals surface area contributed by atoms with Crippen molar-refractivity contribution in [2.75, 3.05) is 14.2 Å². The van der Waals surface area contributed by atoms with Gasteiger partial charge in [-0.3, -0.25) is 0 Å². The van der Waals surface area contributed by atoms with Crippen molar-refractivity contribution in [2.45, 2.75) is 0 Å². The molecule has 5 nitrogen and oxygen atoms in total. The van der Waals surface area contributed by atoms with Crippen molar-refractivity contribution < 1.29 is 14.6 Å². The van der Waals surface area contributed by atoms with Gasteiger partial charge in [-0.25, -0.2) is 0 Å². The first-order valence-corrected chi connectivity index (χ1v) is 6.31. The second-order valence-corrected chi connectivity index (χ2v) is 4.17. The molecule has 0 radical (unpaired) electrons. The third kappa shape index (κ3) is 3.82. The van der Waals surface area contributed by atoms with Gasteiger partial charge in [-0.2, -0.15) is 10.2 Å². The summed E-state index contributed by atoms with van der Waals surface area (Å²) in [5, 5.41) is 17.9. The SMILES string of the molecule is COc1cc(C=NN=Cc2ccccc2)c(O)c(OC)c1. The summed E-state index contributed by atoms with van der Waals surface area (Å²) < 4.78 is 10.2. The normalized spacial score (nSPS) is 11.1. The van der Waals surface area contributed by atoms with Gasteiger partial charge in [-0.05, 0) is 11.6 Å². The minimum Gasteiger partial charge on any atom is -0.504 e. The molecule has 108 valence electrons. The van der Waals surface area contributed by atoms with E-state index in [1.54, 1.807) is 25.5 Å². The van der Waals surface area contributed by atoms with Crippen LogP contribution in [0.2, 0.25) is 0 Å². The lowest BCUT2D eigenvalue weighted by Crippen LogP contribution is -1.92. The van der Waals surface area contributed by atoms with Crippen LogP contribution in [0.15, 0.2) is 52.7 Å². The lowest BCUT2D eigenvalue weighted by molar-refractivity contribution is 0.364. The topological polar surface area (TPSA) is 63.4 Å². The Labute approximate surface area is 123 Å². The van der Waals surface area contributed by atoms with Crippen molar-refractivity contribution in [3.8, 4) is 17.2 Å². The van der Waals surface area contributed by atoms with Gasteiger partial charge in [0.2, 0.25) is 0 Å². The number of benzene rings is 2. The maximum atomic E-state index is 10.0. The van der Waals surface area contributed by atoms with Crippen LogP contribution < -0.4 is 9.47 Å². The van der Waals surface area contributed by atoms with E-state index in [0.29, 0.717) is 17.1 Å². The van der Waals surface area contributed by atoms with Crippen LogP contribution in [0.5, 0.6) is 17.2 Å². The Balaban J connectivity index is 2.19. The van der Waals surface area contributed by atoms with E-state index in [4.69, 9.17) is 9.47 Å². The molecule has 5 heteroatoms. The minimum absolute atomic E-state index is 0.00281. The summed E-state index contributed by atoms with van der Waals surface area (Å²) >= 11 is 0. The standard InChI is InChI=1S/C16H16N2O3/c1-20-14-8-13(16(19)15(9-14)21-2)11-18-17-10-12-6-4-3-5-7-12/h3-11,19H,1-2H3. The Kier molecular flexibility index (Phi) is 4.93. The molecule has 0 aliphatic carbocycles. The molecule has 0 amide bonds. The van der Waals surface area contributed by atoms with Crippen LogP contribution >= 0.6 is 0 Å². The molecule has 0 heterocycles. The maximum Gasteiger partial charge on any atom is 0.166 e. The van der Waals surface area contributed by atoms with Gasteiger partial charge in [0.1, 0.15) is 5.75 Å². The number of hydrogen-bond donors (Lipinski definition) is 1. The molecule has 0 aromatic heterocycles. The zero-order valence-corrected chi connectivity index (χ0v) is 11.9. The molecular formula is C16H16N2O3. The fourth-order valence-electron chi connectivity index (χ4n) is 1.71. The molecule has 0 spiro atoms. The fraction of sp³-hybridized carbons (Fsp3) is 0.125. The van der Waals surface area contributed by atoms with E-state index in [2.05, 4.69) is 10.2 Å². The zero-order valence-electron chi connectivity index (χ0n) is 11.9. The van der Waals surface area contributed by atoms with Crippen LogP contribution in [-0.2, 0) is 0 Å². The van der Waals surface area contributed by atoms with Crippen molar-refractivity contribution in [1.82, 2.24) is 0 Å². The van der Waals surface area contributed by atoms with E-state index in [9.17, 15) is 5.11 Å². The number of phenolic OH excluding ortho intramolecular Hbond substituents is 1. The number of aromatic hydroxyl groups is 1. The molecule has 0 unspecified atom stereocenters. The molecule has 2 rings (SSSR count). The number of phenols is 1. The Hall–Kier alpha value is -2.82. The van der Waals surface area contributed by atoms with Crippen LogP contribution in [0.3, 0.4) is 0 Å². The van der Waals surface area contributed by atoms with Gasteiger partial charge in [0, 0.05) is 11.6 Å². The van der Waals surface area contributed by atoms with Crippen LogP contribution in [0.25, 0.3) is 0 Å². The Bertz CT molecular complexity index is 652. The van der Waals surface area contributed by atoms with E-state index in [0.717, 1.165) is 5.56 Å². The first-order chi connectivity index (χ1) is 10.2. The fourth-order valence-corrected chi connectivity index (χ4v) is 1.71. The molecule has 0 aliphatic heterocycles. The summed E-state index contributed by atoms with van der Waals surface area (Å²) in [7, 11) is 3.02. The molecule has 21 heavy (non-hydrogen) atoms. The molecule has 2 aromatic carbocycles. The van der Waals surface area contributed by atoms with Crippen molar-refractivity contribution in [1.29, 1.82) is 0 Å². The Morgan fingerprint density at radius 1 is 0.952 bits per heavy atom. The van der Waals surface area contributed by atoms with Gasteiger partial charge in [-0.1, -0.05) is 30.3 Å². The molecule has 0 saturated heterocycles. The highest BCUT2D eigenvalue weighted by Gasteiger charge is 2.09. The summed E-state index contributed by atoms with van der Waals surface area (Å²) in [6.07, 6.45) is 3.07. The van der Waals surface area contributed by atoms with Crippen LogP contribution in [0.4, 0.5) is 0 Å². The zero-order chi connectivity index (χ0) is 15.1. The van der Waals surface area contributed by atoms with E-state index < -0.39 is 0 Å². The monoisotopic (exact) mass is 284 g/mol. The highest BCUT2D eigenvalue weighted by Crippen LogP contribution is 2.33. The number of ether oxygens (including phenoxy) is 2. The Morgan fingerprint density at radius 3 is 2.33 bits per heavy atom. The van der Waals surface area contributed by atoms with E-state index >= 15 is 0 Å². The van der Waals surface area contributed by atoms with E-state index in [1.807, 2.05) is 30.3 Å². The predicted octanol–water partition coefficient (Wildman–Crippen LogP) is 2.86. The number of methoxy groups -OCH3 is 2. The van der Waals surface area contributed by atoms with E-state index in [-0.39, 0.29) is 5.75 Å². The lowest BCUT2D eigenvalue weighted by atomic mass is 10.2. The third-order valence-electron chi connectivity index (χ3n) is 2.80. The van der Waals surface area contributed by atoms with Crippen molar-refractivity contribution in [3.63, 3.8) is 0 Å². The first-order valence-electron chi connectivity index (χ1n) is 6.31. The molecule has 0 saturated carbocycles. The third-order valence-corrected chi connectivity index (χ3v) is 2.80. The lowest BCUT2D eigenvalue weighted by Gasteiger charge is -2.08. The van der Waals surface area contributed by atoms with Gasteiger partial charge in [-0.15, -0.1) is 0 Å². The molecule has 2 aromatic rings. The second kappa shape index (κ2) is 7.09. The van der Waals surface area contributed by atoms with Crippen LogP contribution in [0, 0.1) is 0 Å². The van der Waals surface area contributed by atoms with Crippen molar-refractivity contribution >= 4 is 12.4 Å². The number of hydrogen-bond acceptors (Lipinski definition) is 5. The molecule has 0 atom stereocenters. The van der Waals surface area contributed by atoms with Gasteiger partial charge < -0.3 is 14.6 Å². The minimum atomic E-state index is -0.00281. The molecular weight excluding hydrogens is 268 g/mol. The highest BCUT2D eigenvalue weighted by atomic mass is 16.5. The average molecular weight is 284 g/mol. The van der Waals surface area contributed by atoms with Gasteiger partial charge in [0.15, 0.2) is 11.5 Å². The van der Waals surface area contributed by atoms with Crippen molar-refractivity contribution in [3.05, 3.63) is 53.6 Å². The first kappa shape index (κ1) is 14.6. The molecule has 1 N–H and O–H groups in total.